The molecule has 10 nitrogen and oxygen atoms in total. The molecule has 0 spiro atoms. The van der Waals surface area contributed by atoms with Gasteiger partial charge >= 0.3 is 5.97 Å². The van der Waals surface area contributed by atoms with Crippen LogP contribution >= 0.6 is 0 Å². The second-order valence-electron chi connectivity index (χ2n) is 8.50. The minimum absolute atomic E-state index is 0.0248. The maximum atomic E-state index is 13.2. The van der Waals surface area contributed by atoms with Gasteiger partial charge in [0.05, 0.1) is 30.5 Å². The molecule has 2 aromatic rings. The Labute approximate surface area is 193 Å². The Morgan fingerprint density at radius 1 is 1.45 bits per heavy atom. The Morgan fingerprint density at radius 3 is 2.97 bits per heavy atom. The number of unbranched alkanes of at least 4 members (excludes halogenated alkanes) is 1. The summed E-state index contributed by atoms with van der Waals surface area (Å²) in [6, 6.07) is 3.81. The predicted molar refractivity (Wildman–Crippen MR) is 124 cm³/mol. The number of rotatable bonds is 9. The summed E-state index contributed by atoms with van der Waals surface area (Å²) in [5, 5.41) is 18.7. The molecule has 1 aliphatic heterocycles. The van der Waals surface area contributed by atoms with Gasteiger partial charge in [-0.1, -0.05) is 20.3 Å². The maximum absolute atomic E-state index is 13.2. The van der Waals surface area contributed by atoms with Crippen molar-refractivity contribution in [3.63, 3.8) is 0 Å². The zero-order valence-electron chi connectivity index (χ0n) is 19.4. The summed E-state index contributed by atoms with van der Waals surface area (Å²) >= 11 is 0. The number of esters is 1. The summed E-state index contributed by atoms with van der Waals surface area (Å²) in [5.41, 5.74) is 0.518. The normalized spacial score (nSPS) is 19.0. The third-order valence-electron chi connectivity index (χ3n) is 6.22. The number of anilines is 1. The van der Waals surface area contributed by atoms with Crippen LogP contribution in [0, 0.1) is 28.6 Å². The molecular formula is C23H31N7O3. The van der Waals surface area contributed by atoms with Crippen LogP contribution in [0.4, 0.5) is 5.82 Å². The summed E-state index contributed by atoms with van der Waals surface area (Å²) in [5.74, 6) is -1.25. The molecule has 3 heterocycles. The first-order valence-electron chi connectivity index (χ1n) is 11.3. The van der Waals surface area contributed by atoms with Crippen molar-refractivity contribution >= 4 is 34.4 Å². The van der Waals surface area contributed by atoms with Crippen LogP contribution in [0.1, 0.15) is 39.5 Å². The van der Waals surface area contributed by atoms with Crippen LogP contribution in [0.5, 0.6) is 0 Å². The van der Waals surface area contributed by atoms with Gasteiger partial charge in [-0.2, -0.15) is 5.26 Å². The highest BCUT2D eigenvalue weighted by atomic mass is 16.5. The molecular weight excluding hydrogens is 422 g/mol. The minimum atomic E-state index is -1.29. The van der Waals surface area contributed by atoms with Gasteiger partial charge < -0.3 is 24.9 Å². The van der Waals surface area contributed by atoms with Crippen LogP contribution in [0.3, 0.4) is 0 Å². The van der Waals surface area contributed by atoms with Crippen LogP contribution in [-0.2, 0) is 14.3 Å². The molecule has 3 atom stereocenters. The number of aromatic nitrogens is 3. The lowest BCUT2D eigenvalue weighted by atomic mass is 9.90. The number of H-pyrrole nitrogens is 1. The van der Waals surface area contributed by atoms with Crippen LogP contribution in [0.2, 0.25) is 0 Å². The average molecular weight is 454 g/mol. The topological polar surface area (TPSA) is 139 Å². The zero-order valence-corrected chi connectivity index (χ0v) is 19.4. The standard InChI is InChI=1S/C23H31N7O3/c1-4-5-10-33-20(31)11-18(25)17(12-24)23(32)30-9-7-15(2)19(13-30)29(3)22-16-6-8-26-21(16)27-14-28-22/h6,8,14-15,17,19,25H,4-5,7,9-11,13H2,1-3H3,(H,26,27,28). The fourth-order valence-corrected chi connectivity index (χ4v) is 4.15. The fraction of sp³-hybridized carbons (Fsp3) is 0.565. The fourth-order valence-electron chi connectivity index (χ4n) is 4.15. The zero-order chi connectivity index (χ0) is 24.0. The summed E-state index contributed by atoms with van der Waals surface area (Å²) in [6.45, 7) is 5.30. The van der Waals surface area contributed by atoms with Crippen molar-refractivity contribution in [2.45, 2.75) is 45.6 Å². The molecule has 1 amide bonds. The van der Waals surface area contributed by atoms with Gasteiger partial charge in [0.15, 0.2) is 5.92 Å². The number of fused-ring (bicyclic) bond motifs is 1. The molecule has 0 radical (unpaired) electrons. The largest absolute Gasteiger partial charge is 0.465 e. The highest BCUT2D eigenvalue weighted by molar-refractivity contribution is 6.10. The number of amides is 1. The molecule has 176 valence electrons. The quantitative estimate of drug-likeness (QED) is 0.338. The summed E-state index contributed by atoms with van der Waals surface area (Å²) in [4.78, 5) is 40.6. The second-order valence-corrected chi connectivity index (χ2v) is 8.50. The van der Waals surface area contributed by atoms with Gasteiger partial charge in [-0.05, 0) is 24.8 Å². The first kappa shape index (κ1) is 24.2. The number of likely N-dealkylation sites (tertiary alicyclic amines) is 1. The molecule has 0 saturated carbocycles. The highest BCUT2D eigenvalue weighted by Gasteiger charge is 2.36. The van der Waals surface area contributed by atoms with E-state index in [1.54, 1.807) is 4.90 Å². The Kier molecular flexibility index (Phi) is 7.98. The van der Waals surface area contributed by atoms with Gasteiger partial charge in [0.1, 0.15) is 17.8 Å². The van der Waals surface area contributed by atoms with Crippen molar-refractivity contribution in [3.05, 3.63) is 18.6 Å². The third kappa shape index (κ3) is 5.48. The molecule has 0 aliphatic carbocycles. The Morgan fingerprint density at radius 2 is 2.24 bits per heavy atom. The first-order valence-corrected chi connectivity index (χ1v) is 11.3. The van der Waals surface area contributed by atoms with Crippen molar-refractivity contribution < 1.29 is 14.3 Å². The number of piperidine rings is 1. The molecule has 0 aromatic carbocycles. The van der Waals surface area contributed by atoms with Crippen LogP contribution in [0.15, 0.2) is 18.6 Å². The molecule has 1 fully saturated rings. The van der Waals surface area contributed by atoms with E-state index in [9.17, 15) is 14.9 Å². The van der Waals surface area contributed by atoms with E-state index in [0.717, 1.165) is 36.1 Å². The molecule has 3 unspecified atom stereocenters. The number of hydrogen-bond acceptors (Lipinski definition) is 8. The van der Waals surface area contributed by atoms with E-state index in [-0.39, 0.29) is 30.7 Å². The van der Waals surface area contributed by atoms with Crippen LogP contribution in [-0.4, -0.2) is 70.2 Å². The van der Waals surface area contributed by atoms with Crippen LogP contribution in [0.25, 0.3) is 11.0 Å². The first-order chi connectivity index (χ1) is 15.9. The lowest BCUT2D eigenvalue weighted by molar-refractivity contribution is -0.142. The summed E-state index contributed by atoms with van der Waals surface area (Å²) < 4.78 is 5.08. The highest BCUT2D eigenvalue weighted by Crippen LogP contribution is 2.29. The van der Waals surface area contributed by atoms with Crippen LogP contribution < -0.4 is 4.90 Å². The molecule has 2 N–H and O–H groups in total. The smallest absolute Gasteiger partial charge is 0.311 e. The minimum Gasteiger partial charge on any atom is -0.465 e. The van der Waals surface area contributed by atoms with Gasteiger partial charge in [0.25, 0.3) is 0 Å². The summed E-state index contributed by atoms with van der Waals surface area (Å²) in [7, 11) is 1.94. The maximum Gasteiger partial charge on any atom is 0.311 e. The molecule has 0 bridgehead atoms. The van der Waals surface area contributed by atoms with Gasteiger partial charge in [0, 0.05) is 32.0 Å². The average Bonchev–Trinajstić information content (AvgIpc) is 3.28. The van der Waals surface area contributed by atoms with E-state index in [1.807, 2.05) is 32.3 Å². The van der Waals surface area contributed by atoms with E-state index < -0.39 is 17.8 Å². The number of nitriles is 1. The van der Waals surface area contributed by atoms with E-state index in [1.165, 1.54) is 6.33 Å². The second kappa shape index (κ2) is 10.9. The number of nitrogens with zero attached hydrogens (tertiary/aromatic N) is 5. The summed E-state index contributed by atoms with van der Waals surface area (Å²) in [6.07, 6.45) is 5.35. The van der Waals surface area contributed by atoms with E-state index >= 15 is 0 Å². The molecule has 1 aliphatic rings. The molecule has 10 heteroatoms. The number of hydrogen-bond donors (Lipinski definition) is 2. The molecule has 33 heavy (non-hydrogen) atoms. The van der Waals surface area contributed by atoms with Crippen molar-refractivity contribution in [1.82, 2.24) is 19.9 Å². The predicted octanol–water partition coefficient (Wildman–Crippen LogP) is 2.52. The monoisotopic (exact) mass is 453 g/mol. The van der Waals surface area contributed by atoms with Crippen molar-refractivity contribution in [2.75, 3.05) is 31.6 Å². The van der Waals surface area contributed by atoms with Crippen molar-refractivity contribution in [2.24, 2.45) is 11.8 Å². The lowest BCUT2D eigenvalue weighted by Gasteiger charge is -2.42. The Hall–Kier alpha value is -3.48. The van der Waals surface area contributed by atoms with Gasteiger partial charge in [-0.15, -0.1) is 0 Å². The number of aromatic amines is 1. The van der Waals surface area contributed by atoms with E-state index in [0.29, 0.717) is 13.1 Å². The third-order valence-corrected chi connectivity index (χ3v) is 6.22. The number of nitrogens with one attached hydrogen (secondary N) is 2. The van der Waals surface area contributed by atoms with Gasteiger partial charge in [0.2, 0.25) is 5.91 Å². The van der Waals surface area contributed by atoms with Gasteiger partial charge in [-0.25, -0.2) is 9.97 Å². The number of carbonyl (C=O) groups excluding carboxylic acids is 2. The van der Waals surface area contributed by atoms with E-state index in [2.05, 4.69) is 26.8 Å². The molecule has 2 aromatic heterocycles. The lowest BCUT2D eigenvalue weighted by Crippen LogP contribution is -2.54. The number of likely N-dealkylation sites (N-methyl/N-ethyl adjacent to an activating group) is 1. The van der Waals surface area contributed by atoms with Crippen molar-refractivity contribution in [3.8, 4) is 6.07 Å². The van der Waals surface area contributed by atoms with Crippen molar-refractivity contribution in [1.29, 1.82) is 10.7 Å². The van der Waals surface area contributed by atoms with Gasteiger partial charge in [-0.3, -0.25) is 9.59 Å². The number of carbonyl (C=O) groups is 2. The Balaban J connectivity index is 1.69. The molecule has 3 rings (SSSR count). The Bertz CT molecular complexity index is 1040. The molecule has 1 saturated heterocycles. The SMILES string of the molecule is CCCCOC(=O)CC(=N)C(C#N)C(=O)N1CCC(C)C(N(C)c2ncnc3[nH]ccc23)C1. The van der Waals surface area contributed by atoms with E-state index in [4.69, 9.17) is 10.1 Å². The number of ether oxygens (including phenoxy) is 1.